The van der Waals surface area contributed by atoms with E-state index in [1.54, 1.807) is 6.07 Å². The van der Waals surface area contributed by atoms with Crippen LogP contribution in [0, 0.1) is 0 Å². The quantitative estimate of drug-likeness (QED) is 0.750. The summed E-state index contributed by atoms with van der Waals surface area (Å²) < 4.78 is 6.82. The van der Waals surface area contributed by atoms with Gasteiger partial charge in [0.1, 0.15) is 11.5 Å². The van der Waals surface area contributed by atoms with E-state index in [1.165, 1.54) is 12.1 Å². The molecule has 0 fully saturated rings. The molecule has 0 spiro atoms. The van der Waals surface area contributed by atoms with Gasteiger partial charge in [0.15, 0.2) is 0 Å². The van der Waals surface area contributed by atoms with Gasteiger partial charge >= 0.3 is 5.97 Å². The van der Waals surface area contributed by atoms with Gasteiger partial charge in [-0.05, 0) is 47.9 Å². The standard InChI is InChI=1S/C16H14BrClO3/c1-9(2)12-8-11(17)4-6-14(12)21-15-5-3-10(16(19)20)7-13(15)18/h3-9H,1-2H3,(H,19,20). The lowest BCUT2D eigenvalue weighted by Gasteiger charge is -2.15. The Hall–Kier alpha value is -1.52. The van der Waals surface area contributed by atoms with Crippen molar-refractivity contribution in [3.05, 3.63) is 57.0 Å². The fourth-order valence-corrected chi connectivity index (χ4v) is 2.50. The molecule has 0 saturated carbocycles. The number of aromatic carboxylic acids is 1. The van der Waals surface area contributed by atoms with Crippen molar-refractivity contribution in [1.82, 2.24) is 0 Å². The average Bonchev–Trinajstić information content (AvgIpc) is 2.42. The first-order valence-corrected chi connectivity index (χ1v) is 7.55. The smallest absolute Gasteiger partial charge is 0.335 e. The molecule has 0 aliphatic heterocycles. The molecule has 0 aliphatic rings. The van der Waals surface area contributed by atoms with Gasteiger partial charge in [-0.25, -0.2) is 4.79 Å². The first-order chi connectivity index (χ1) is 9.88. The van der Waals surface area contributed by atoms with Crippen molar-refractivity contribution < 1.29 is 14.6 Å². The maximum atomic E-state index is 10.9. The largest absolute Gasteiger partial charge is 0.478 e. The van der Waals surface area contributed by atoms with Crippen LogP contribution >= 0.6 is 27.5 Å². The predicted molar refractivity (Wildman–Crippen MR) is 86.7 cm³/mol. The van der Waals surface area contributed by atoms with Crippen LogP contribution in [-0.4, -0.2) is 11.1 Å². The third-order valence-electron chi connectivity index (χ3n) is 2.99. The summed E-state index contributed by atoms with van der Waals surface area (Å²) >= 11 is 9.53. The van der Waals surface area contributed by atoms with Gasteiger partial charge in [-0.15, -0.1) is 0 Å². The highest BCUT2D eigenvalue weighted by molar-refractivity contribution is 9.10. The molecule has 5 heteroatoms. The lowest BCUT2D eigenvalue weighted by molar-refractivity contribution is 0.0697. The third-order valence-corrected chi connectivity index (χ3v) is 3.78. The number of benzene rings is 2. The third kappa shape index (κ3) is 3.77. The van der Waals surface area contributed by atoms with Gasteiger partial charge in [0.2, 0.25) is 0 Å². The monoisotopic (exact) mass is 368 g/mol. The molecule has 0 bridgehead atoms. The molecule has 0 atom stereocenters. The van der Waals surface area contributed by atoms with E-state index in [9.17, 15) is 4.79 Å². The van der Waals surface area contributed by atoms with Crippen LogP contribution in [0.2, 0.25) is 5.02 Å². The average molecular weight is 370 g/mol. The summed E-state index contributed by atoms with van der Waals surface area (Å²) in [5.41, 5.74) is 1.18. The fourth-order valence-electron chi connectivity index (χ4n) is 1.90. The number of carbonyl (C=O) groups is 1. The van der Waals surface area contributed by atoms with Gasteiger partial charge in [-0.3, -0.25) is 0 Å². The molecule has 3 nitrogen and oxygen atoms in total. The van der Waals surface area contributed by atoms with E-state index < -0.39 is 5.97 Å². The highest BCUT2D eigenvalue weighted by atomic mass is 79.9. The second-order valence-electron chi connectivity index (χ2n) is 4.89. The first kappa shape index (κ1) is 15.9. The molecule has 2 aromatic rings. The maximum absolute atomic E-state index is 10.9. The van der Waals surface area contributed by atoms with Crippen LogP contribution in [0.4, 0.5) is 0 Å². The molecule has 0 aromatic heterocycles. The number of hydrogen-bond donors (Lipinski definition) is 1. The Balaban J connectivity index is 2.36. The van der Waals surface area contributed by atoms with Crippen molar-refractivity contribution in [2.45, 2.75) is 19.8 Å². The van der Waals surface area contributed by atoms with Crippen LogP contribution in [0.1, 0.15) is 35.7 Å². The van der Waals surface area contributed by atoms with Crippen LogP contribution in [0.15, 0.2) is 40.9 Å². The van der Waals surface area contributed by atoms with Crippen molar-refractivity contribution in [1.29, 1.82) is 0 Å². The minimum Gasteiger partial charge on any atom is -0.478 e. The van der Waals surface area contributed by atoms with E-state index in [-0.39, 0.29) is 16.5 Å². The van der Waals surface area contributed by atoms with Crippen LogP contribution in [0.3, 0.4) is 0 Å². The second kappa shape index (κ2) is 6.50. The number of carboxylic acids is 1. The minimum atomic E-state index is -1.02. The second-order valence-corrected chi connectivity index (χ2v) is 6.21. The van der Waals surface area contributed by atoms with Crippen LogP contribution < -0.4 is 4.74 Å². The Labute approximate surface area is 136 Å². The van der Waals surface area contributed by atoms with Crippen molar-refractivity contribution >= 4 is 33.5 Å². The first-order valence-electron chi connectivity index (χ1n) is 6.38. The Morgan fingerprint density at radius 1 is 1.19 bits per heavy atom. The number of carboxylic acid groups (broad SMARTS) is 1. The molecule has 110 valence electrons. The molecule has 0 heterocycles. The Bertz CT molecular complexity index is 683. The molecule has 21 heavy (non-hydrogen) atoms. The topological polar surface area (TPSA) is 46.5 Å². The lowest BCUT2D eigenvalue weighted by Crippen LogP contribution is -1.98. The van der Waals surface area contributed by atoms with Crippen molar-refractivity contribution in [2.24, 2.45) is 0 Å². The van der Waals surface area contributed by atoms with Gasteiger partial charge < -0.3 is 9.84 Å². The van der Waals surface area contributed by atoms with Crippen molar-refractivity contribution in [3.63, 3.8) is 0 Å². The molecule has 0 radical (unpaired) electrons. The fraction of sp³-hybridized carbons (Fsp3) is 0.188. The SMILES string of the molecule is CC(C)c1cc(Br)ccc1Oc1ccc(C(=O)O)cc1Cl. The molecule has 0 unspecified atom stereocenters. The number of rotatable bonds is 4. The van der Waals surface area contributed by atoms with E-state index in [1.807, 2.05) is 18.2 Å². The Kier molecular flexibility index (Phi) is 4.91. The molecule has 2 rings (SSSR count). The van der Waals surface area contributed by atoms with E-state index in [0.29, 0.717) is 11.5 Å². The van der Waals surface area contributed by atoms with Crippen LogP contribution in [-0.2, 0) is 0 Å². The number of hydrogen-bond acceptors (Lipinski definition) is 2. The van der Waals surface area contributed by atoms with Gasteiger partial charge in [0.25, 0.3) is 0 Å². The summed E-state index contributed by atoms with van der Waals surface area (Å²) in [4.78, 5) is 10.9. The highest BCUT2D eigenvalue weighted by Crippen LogP contribution is 2.36. The molecular formula is C16H14BrClO3. The van der Waals surface area contributed by atoms with Crippen LogP contribution in [0.5, 0.6) is 11.5 Å². The molecular weight excluding hydrogens is 356 g/mol. The highest BCUT2D eigenvalue weighted by Gasteiger charge is 2.13. The number of halogens is 2. The summed E-state index contributed by atoms with van der Waals surface area (Å²) in [5, 5.41) is 9.20. The Morgan fingerprint density at radius 3 is 2.43 bits per heavy atom. The summed E-state index contributed by atoms with van der Waals surface area (Å²) in [6, 6.07) is 10.2. The van der Waals surface area contributed by atoms with Gasteiger partial charge in [-0.2, -0.15) is 0 Å². The van der Waals surface area contributed by atoms with Crippen molar-refractivity contribution in [3.8, 4) is 11.5 Å². The zero-order valence-corrected chi connectivity index (χ0v) is 13.9. The predicted octanol–water partition coefficient (Wildman–Crippen LogP) is 5.72. The van der Waals surface area contributed by atoms with E-state index in [4.69, 9.17) is 21.4 Å². The van der Waals surface area contributed by atoms with E-state index >= 15 is 0 Å². The summed E-state index contributed by atoms with van der Waals surface area (Å²) in [5.74, 6) is 0.411. The number of ether oxygens (including phenoxy) is 1. The molecule has 0 amide bonds. The molecule has 1 N–H and O–H groups in total. The molecule has 0 saturated heterocycles. The lowest BCUT2D eigenvalue weighted by atomic mass is 10.0. The Morgan fingerprint density at radius 2 is 1.86 bits per heavy atom. The van der Waals surface area contributed by atoms with Gasteiger partial charge in [0.05, 0.1) is 10.6 Å². The molecule has 2 aromatic carbocycles. The van der Waals surface area contributed by atoms with Crippen LogP contribution in [0.25, 0.3) is 0 Å². The zero-order valence-electron chi connectivity index (χ0n) is 11.6. The van der Waals surface area contributed by atoms with E-state index in [2.05, 4.69) is 29.8 Å². The van der Waals surface area contributed by atoms with Gasteiger partial charge in [0, 0.05) is 4.47 Å². The summed E-state index contributed by atoms with van der Waals surface area (Å²) in [6.07, 6.45) is 0. The summed E-state index contributed by atoms with van der Waals surface area (Å²) in [7, 11) is 0. The normalized spacial score (nSPS) is 10.7. The molecule has 0 aliphatic carbocycles. The zero-order chi connectivity index (χ0) is 15.6. The van der Waals surface area contributed by atoms with Gasteiger partial charge in [-0.1, -0.05) is 41.4 Å². The maximum Gasteiger partial charge on any atom is 0.335 e. The summed E-state index contributed by atoms with van der Waals surface area (Å²) in [6.45, 7) is 4.15. The van der Waals surface area contributed by atoms with Crippen molar-refractivity contribution in [2.75, 3.05) is 0 Å². The minimum absolute atomic E-state index is 0.132. The van der Waals surface area contributed by atoms with E-state index in [0.717, 1.165) is 10.0 Å².